The quantitative estimate of drug-likeness (QED) is 0.785. The lowest BCUT2D eigenvalue weighted by atomic mass is 10.0. The summed E-state index contributed by atoms with van der Waals surface area (Å²) in [4.78, 5) is 31.4. The molecule has 2 aromatic rings. The molecule has 3 fully saturated rings. The van der Waals surface area contributed by atoms with Gasteiger partial charge in [-0.25, -0.2) is 4.68 Å². The zero-order valence-electron chi connectivity index (χ0n) is 15.5. The Labute approximate surface area is 168 Å². The SMILES string of the molecule is O=C1[C@H]2CN(Cc3cnn(-c4ccccc4Cl)c3)CCN2C(=O)[C@H]2CCCN12. The molecule has 1 aromatic carbocycles. The maximum atomic E-state index is 12.9. The van der Waals surface area contributed by atoms with Crippen LogP contribution in [0.4, 0.5) is 0 Å². The second-order valence-corrected chi connectivity index (χ2v) is 8.12. The third kappa shape index (κ3) is 2.89. The summed E-state index contributed by atoms with van der Waals surface area (Å²) in [5.74, 6) is 0.242. The predicted octanol–water partition coefficient (Wildman–Crippen LogP) is 1.54. The first-order chi connectivity index (χ1) is 13.6. The zero-order chi connectivity index (χ0) is 19.3. The van der Waals surface area contributed by atoms with Gasteiger partial charge < -0.3 is 9.80 Å². The van der Waals surface area contributed by atoms with Crippen LogP contribution < -0.4 is 0 Å². The van der Waals surface area contributed by atoms with Gasteiger partial charge in [0.2, 0.25) is 11.8 Å². The molecule has 0 N–H and O–H groups in total. The van der Waals surface area contributed by atoms with Gasteiger partial charge in [-0.15, -0.1) is 0 Å². The summed E-state index contributed by atoms with van der Waals surface area (Å²) >= 11 is 6.26. The van der Waals surface area contributed by atoms with Crippen molar-refractivity contribution in [1.82, 2.24) is 24.5 Å². The Bertz CT molecular complexity index is 929. The number of nitrogens with zero attached hydrogens (tertiary/aromatic N) is 5. The Kier molecular flexibility index (Phi) is 4.36. The van der Waals surface area contributed by atoms with Crippen molar-refractivity contribution in [3.63, 3.8) is 0 Å². The van der Waals surface area contributed by atoms with Gasteiger partial charge in [-0.05, 0) is 25.0 Å². The van der Waals surface area contributed by atoms with Crippen molar-refractivity contribution in [2.24, 2.45) is 0 Å². The van der Waals surface area contributed by atoms with Crippen LogP contribution in [0.2, 0.25) is 5.02 Å². The van der Waals surface area contributed by atoms with Crippen LogP contribution in [0.15, 0.2) is 36.7 Å². The average Bonchev–Trinajstić information content (AvgIpc) is 3.36. The highest BCUT2D eigenvalue weighted by atomic mass is 35.5. The van der Waals surface area contributed by atoms with Gasteiger partial charge in [0, 0.05) is 44.5 Å². The summed E-state index contributed by atoms with van der Waals surface area (Å²) < 4.78 is 1.78. The average molecular weight is 400 g/mol. The Morgan fingerprint density at radius 3 is 2.68 bits per heavy atom. The summed E-state index contributed by atoms with van der Waals surface area (Å²) in [7, 11) is 0. The van der Waals surface area contributed by atoms with E-state index in [0.717, 1.165) is 30.6 Å². The minimum Gasteiger partial charge on any atom is -0.329 e. The van der Waals surface area contributed by atoms with Crippen molar-refractivity contribution < 1.29 is 9.59 Å². The molecule has 8 heteroatoms. The highest BCUT2D eigenvalue weighted by Crippen LogP contribution is 2.29. The van der Waals surface area contributed by atoms with Gasteiger partial charge in [-0.3, -0.25) is 14.5 Å². The van der Waals surface area contributed by atoms with Gasteiger partial charge >= 0.3 is 0 Å². The number of halogens is 1. The number of benzene rings is 1. The molecule has 0 aliphatic carbocycles. The van der Waals surface area contributed by atoms with Crippen molar-refractivity contribution in [3.8, 4) is 5.69 Å². The predicted molar refractivity (Wildman–Crippen MR) is 104 cm³/mol. The lowest BCUT2D eigenvalue weighted by Crippen LogP contribution is -2.68. The molecule has 146 valence electrons. The Morgan fingerprint density at radius 2 is 1.82 bits per heavy atom. The monoisotopic (exact) mass is 399 g/mol. The molecule has 3 saturated heterocycles. The second-order valence-electron chi connectivity index (χ2n) is 7.72. The normalized spacial score (nSPS) is 25.2. The molecule has 5 rings (SSSR count). The van der Waals surface area contributed by atoms with Crippen molar-refractivity contribution in [3.05, 3.63) is 47.2 Å². The highest BCUT2D eigenvalue weighted by molar-refractivity contribution is 6.32. The molecule has 0 spiro atoms. The maximum absolute atomic E-state index is 12.9. The van der Waals surface area contributed by atoms with E-state index in [2.05, 4.69) is 10.00 Å². The summed E-state index contributed by atoms with van der Waals surface area (Å²) in [5, 5.41) is 5.08. The number of para-hydroxylation sites is 1. The van der Waals surface area contributed by atoms with Gasteiger partial charge in [0.1, 0.15) is 12.1 Å². The fourth-order valence-electron chi connectivity index (χ4n) is 4.60. The van der Waals surface area contributed by atoms with Crippen LogP contribution in [-0.2, 0) is 16.1 Å². The molecule has 0 unspecified atom stereocenters. The fourth-order valence-corrected chi connectivity index (χ4v) is 4.82. The number of fused-ring (bicyclic) bond motifs is 2. The molecular formula is C20H22ClN5O2. The minimum atomic E-state index is -0.353. The smallest absolute Gasteiger partial charge is 0.247 e. The van der Waals surface area contributed by atoms with E-state index < -0.39 is 0 Å². The fraction of sp³-hybridized carbons (Fsp3) is 0.450. The van der Waals surface area contributed by atoms with E-state index in [9.17, 15) is 9.59 Å². The van der Waals surface area contributed by atoms with Crippen molar-refractivity contribution in [2.75, 3.05) is 26.2 Å². The molecule has 2 amide bonds. The van der Waals surface area contributed by atoms with Gasteiger partial charge in [0.25, 0.3) is 0 Å². The summed E-state index contributed by atoms with van der Waals surface area (Å²) in [6.07, 6.45) is 5.53. The van der Waals surface area contributed by atoms with E-state index in [-0.39, 0.29) is 23.9 Å². The van der Waals surface area contributed by atoms with Crippen molar-refractivity contribution in [2.45, 2.75) is 31.5 Å². The van der Waals surface area contributed by atoms with Gasteiger partial charge in [-0.1, -0.05) is 23.7 Å². The van der Waals surface area contributed by atoms with Crippen LogP contribution in [0, 0.1) is 0 Å². The molecule has 0 bridgehead atoms. The molecule has 1 aromatic heterocycles. The summed E-state index contributed by atoms with van der Waals surface area (Å²) in [6.45, 7) is 3.35. The topological polar surface area (TPSA) is 61.7 Å². The van der Waals surface area contributed by atoms with Crippen LogP contribution >= 0.6 is 11.6 Å². The molecule has 3 aliphatic heterocycles. The third-order valence-electron chi connectivity index (χ3n) is 6.00. The van der Waals surface area contributed by atoms with Crippen LogP contribution in [-0.4, -0.2) is 74.6 Å². The first kappa shape index (κ1) is 17.7. The first-order valence-corrected chi connectivity index (χ1v) is 10.1. The van der Waals surface area contributed by atoms with E-state index in [0.29, 0.717) is 31.2 Å². The van der Waals surface area contributed by atoms with Crippen LogP contribution in [0.3, 0.4) is 0 Å². The van der Waals surface area contributed by atoms with Crippen molar-refractivity contribution in [1.29, 1.82) is 0 Å². The molecule has 2 atom stereocenters. The van der Waals surface area contributed by atoms with Gasteiger partial charge in [-0.2, -0.15) is 5.10 Å². The van der Waals surface area contributed by atoms with E-state index >= 15 is 0 Å². The standard InChI is InChI=1S/C20H22ClN5O2/c21-15-4-1-2-5-16(15)26-12-14(10-22-26)11-23-8-9-25-18(13-23)20(28)24-7-3-6-17(24)19(25)27/h1-2,4-5,10,12,17-18H,3,6-9,11,13H2/t17-,18-/m1/s1. The van der Waals surface area contributed by atoms with Crippen LogP contribution in [0.5, 0.6) is 0 Å². The van der Waals surface area contributed by atoms with Crippen LogP contribution in [0.1, 0.15) is 18.4 Å². The number of carbonyl (C=O) groups is 2. The Morgan fingerprint density at radius 1 is 1.04 bits per heavy atom. The number of amides is 2. The van der Waals surface area contributed by atoms with E-state index in [1.165, 1.54) is 0 Å². The number of piperazine rings is 2. The number of aromatic nitrogens is 2. The second kappa shape index (κ2) is 6.90. The Balaban J connectivity index is 1.30. The van der Waals surface area contributed by atoms with Crippen molar-refractivity contribution >= 4 is 23.4 Å². The van der Waals surface area contributed by atoms with Gasteiger partial charge in [0.15, 0.2) is 0 Å². The largest absolute Gasteiger partial charge is 0.329 e. The Hall–Kier alpha value is -2.38. The maximum Gasteiger partial charge on any atom is 0.247 e. The number of rotatable bonds is 3. The van der Waals surface area contributed by atoms with E-state index in [1.54, 1.807) is 14.5 Å². The highest BCUT2D eigenvalue weighted by Gasteiger charge is 2.49. The molecule has 0 radical (unpaired) electrons. The third-order valence-corrected chi connectivity index (χ3v) is 6.31. The first-order valence-electron chi connectivity index (χ1n) is 9.73. The molecule has 28 heavy (non-hydrogen) atoms. The summed E-state index contributed by atoms with van der Waals surface area (Å²) in [5.41, 5.74) is 1.90. The van der Waals surface area contributed by atoms with E-state index in [4.69, 9.17) is 11.6 Å². The zero-order valence-corrected chi connectivity index (χ0v) is 16.3. The van der Waals surface area contributed by atoms with Crippen LogP contribution in [0.25, 0.3) is 5.69 Å². The molecule has 0 saturated carbocycles. The summed E-state index contributed by atoms with van der Waals surface area (Å²) in [6, 6.07) is 7.02. The number of hydrogen-bond donors (Lipinski definition) is 0. The molecule has 4 heterocycles. The molecule has 3 aliphatic rings. The minimum absolute atomic E-state index is 0.110. The number of carbonyl (C=O) groups excluding carboxylic acids is 2. The van der Waals surface area contributed by atoms with Gasteiger partial charge in [0.05, 0.1) is 16.9 Å². The molecule has 7 nitrogen and oxygen atoms in total. The lowest BCUT2D eigenvalue weighted by molar-refractivity contribution is -0.163. The van der Waals surface area contributed by atoms with E-state index in [1.807, 2.05) is 36.7 Å². The number of hydrogen-bond acceptors (Lipinski definition) is 4. The molecular weight excluding hydrogens is 378 g/mol. The lowest BCUT2D eigenvalue weighted by Gasteiger charge is -2.47.